The Hall–Kier alpha value is -0.310. The Morgan fingerprint density at radius 3 is 2.55 bits per heavy atom. The molecule has 0 unspecified atom stereocenters. The zero-order chi connectivity index (χ0) is 8.48. The molecule has 1 aliphatic rings. The van der Waals surface area contributed by atoms with Gasteiger partial charge in [0.05, 0.1) is 5.54 Å². The average molecular weight is 170 g/mol. The van der Waals surface area contributed by atoms with E-state index in [1.807, 2.05) is 6.26 Å². The fraction of sp³-hybridized carbons (Fsp3) is 0.750. The van der Waals surface area contributed by atoms with Crippen LogP contribution in [0.4, 0.5) is 0 Å². The van der Waals surface area contributed by atoms with Crippen molar-refractivity contribution in [1.29, 1.82) is 0 Å². The molecule has 0 saturated carbocycles. The van der Waals surface area contributed by atoms with Crippen molar-refractivity contribution in [2.24, 2.45) is 9.98 Å². The molecule has 0 fully saturated rings. The van der Waals surface area contributed by atoms with Gasteiger partial charge in [-0.05, 0) is 27.0 Å². The third kappa shape index (κ3) is 2.33. The van der Waals surface area contributed by atoms with Gasteiger partial charge in [-0.15, -0.1) is 0 Å². The molecule has 11 heavy (non-hydrogen) atoms. The summed E-state index contributed by atoms with van der Waals surface area (Å²) in [5.41, 5.74) is 1.25. The van der Waals surface area contributed by atoms with E-state index >= 15 is 0 Å². The van der Waals surface area contributed by atoms with Gasteiger partial charge in [-0.3, -0.25) is 4.99 Å². The third-order valence-electron chi connectivity index (χ3n) is 1.56. The monoisotopic (exact) mass is 170 g/mol. The van der Waals surface area contributed by atoms with Crippen LogP contribution >= 0.6 is 11.8 Å². The molecular formula is C8H14N2S. The van der Waals surface area contributed by atoms with Crippen LogP contribution in [0, 0.1) is 0 Å². The van der Waals surface area contributed by atoms with Crippen molar-refractivity contribution >= 4 is 22.6 Å². The van der Waals surface area contributed by atoms with E-state index in [-0.39, 0.29) is 5.54 Å². The number of amidine groups is 1. The molecule has 1 rings (SSSR count). The van der Waals surface area contributed by atoms with Crippen molar-refractivity contribution in [2.75, 3.05) is 6.26 Å². The highest BCUT2D eigenvalue weighted by Gasteiger charge is 2.22. The molecule has 0 bridgehead atoms. The van der Waals surface area contributed by atoms with E-state index in [1.165, 1.54) is 5.71 Å². The predicted molar refractivity (Wildman–Crippen MR) is 52.8 cm³/mol. The normalized spacial score (nSPS) is 22.5. The number of aliphatic imine (C=N–C) groups is 2. The maximum Gasteiger partial charge on any atom is 0.183 e. The first-order valence-corrected chi connectivity index (χ1v) is 4.94. The van der Waals surface area contributed by atoms with Crippen LogP contribution in [0.2, 0.25) is 0 Å². The molecule has 0 aromatic rings. The van der Waals surface area contributed by atoms with Crippen LogP contribution in [0.25, 0.3) is 0 Å². The summed E-state index contributed by atoms with van der Waals surface area (Å²) in [6, 6.07) is 0. The summed E-state index contributed by atoms with van der Waals surface area (Å²) in [6.07, 6.45) is 2.99. The second-order valence-electron chi connectivity index (χ2n) is 3.43. The standard InChI is InChI=1S/C8H14N2S/c1-6-5-8(2,3)10-7(9-6)11-4/h5H2,1-4H3. The molecule has 0 aromatic carbocycles. The first kappa shape index (κ1) is 8.78. The van der Waals surface area contributed by atoms with Gasteiger partial charge in [0.2, 0.25) is 0 Å². The first-order valence-electron chi connectivity index (χ1n) is 3.71. The van der Waals surface area contributed by atoms with Crippen LogP contribution in [0.1, 0.15) is 27.2 Å². The molecule has 1 aliphatic heterocycles. The lowest BCUT2D eigenvalue weighted by molar-refractivity contribution is 0.540. The van der Waals surface area contributed by atoms with Crippen LogP contribution < -0.4 is 0 Å². The minimum Gasteiger partial charge on any atom is -0.254 e. The molecule has 2 nitrogen and oxygen atoms in total. The molecule has 0 atom stereocenters. The molecule has 3 heteroatoms. The average Bonchev–Trinajstić information content (AvgIpc) is 1.83. The Balaban J connectivity index is 2.86. The van der Waals surface area contributed by atoms with Gasteiger partial charge in [0.1, 0.15) is 0 Å². The van der Waals surface area contributed by atoms with E-state index in [1.54, 1.807) is 11.8 Å². The number of rotatable bonds is 0. The van der Waals surface area contributed by atoms with Crippen molar-refractivity contribution in [3.8, 4) is 0 Å². The summed E-state index contributed by atoms with van der Waals surface area (Å²) in [5.74, 6) is 0. The van der Waals surface area contributed by atoms with Gasteiger partial charge in [-0.1, -0.05) is 11.8 Å². The van der Waals surface area contributed by atoms with Crippen molar-refractivity contribution in [3.63, 3.8) is 0 Å². The van der Waals surface area contributed by atoms with Gasteiger partial charge in [-0.2, -0.15) is 0 Å². The van der Waals surface area contributed by atoms with Gasteiger partial charge in [0, 0.05) is 12.1 Å². The molecule has 0 N–H and O–H groups in total. The third-order valence-corrected chi connectivity index (χ3v) is 2.10. The number of hydrogen-bond acceptors (Lipinski definition) is 3. The predicted octanol–water partition coefficient (Wildman–Crippen LogP) is 2.35. The van der Waals surface area contributed by atoms with Crippen molar-refractivity contribution in [3.05, 3.63) is 0 Å². The fourth-order valence-electron chi connectivity index (χ4n) is 1.24. The lowest BCUT2D eigenvalue weighted by Gasteiger charge is -2.23. The minimum atomic E-state index is 0.0597. The minimum absolute atomic E-state index is 0.0597. The van der Waals surface area contributed by atoms with Crippen molar-refractivity contribution in [1.82, 2.24) is 0 Å². The molecule has 62 valence electrons. The molecule has 0 aliphatic carbocycles. The Bertz CT molecular complexity index is 216. The summed E-state index contributed by atoms with van der Waals surface area (Å²) in [4.78, 5) is 8.80. The molecular weight excluding hydrogens is 156 g/mol. The Kier molecular flexibility index (Phi) is 2.37. The van der Waals surface area contributed by atoms with Crippen molar-refractivity contribution < 1.29 is 0 Å². The van der Waals surface area contributed by atoms with Gasteiger partial charge >= 0.3 is 0 Å². The summed E-state index contributed by atoms with van der Waals surface area (Å²) in [5, 5.41) is 0.916. The summed E-state index contributed by atoms with van der Waals surface area (Å²) in [6.45, 7) is 6.34. The number of thioether (sulfide) groups is 1. The van der Waals surface area contributed by atoms with Crippen molar-refractivity contribution in [2.45, 2.75) is 32.7 Å². The molecule has 1 heterocycles. The SMILES string of the molecule is CSC1=NC(C)(C)CC(C)=N1. The lowest BCUT2D eigenvalue weighted by Crippen LogP contribution is -2.25. The summed E-state index contributed by atoms with van der Waals surface area (Å²) < 4.78 is 0. The molecule has 0 aromatic heterocycles. The van der Waals surface area contributed by atoms with Gasteiger partial charge in [0.25, 0.3) is 0 Å². The van der Waals surface area contributed by atoms with E-state index in [2.05, 4.69) is 30.8 Å². The Morgan fingerprint density at radius 2 is 2.09 bits per heavy atom. The van der Waals surface area contributed by atoms with E-state index in [9.17, 15) is 0 Å². The highest BCUT2D eigenvalue weighted by atomic mass is 32.2. The van der Waals surface area contributed by atoms with E-state index in [4.69, 9.17) is 0 Å². The maximum absolute atomic E-state index is 4.48. The van der Waals surface area contributed by atoms with Gasteiger partial charge < -0.3 is 0 Å². The maximum atomic E-state index is 4.48. The topological polar surface area (TPSA) is 24.7 Å². The van der Waals surface area contributed by atoms with Gasteiger partial charge in [-0.25, -0.2) is 4.99 Å². The lowest BCUT2D eigenvalue weighted by atomic mass is 9.98. The zero-order valence-electron chi connectivity index (χ0n) is 7.51. The van der Waals surface area contributed by atoms with E-state index < -0.39 is 0 Å². The number of hydrogen-bond donors (Lipinski definition) is 0. The molecule has 0 radical (unpaired) electrons. The van der Waals surface area contributed by atoms with Crippen LogP contribution in [0.5, 0.6) is 0 Å². The number of nitrogens with zero attached hydrogens (tertiary/aromatic N) is 2. The highest BCUT2D eigenvalue weighted by Crippen LogP contribution is 2.22. The van der Waals surface area contributed by atoms with Gasteiger partial charge in [0.15, 0.2) is 5.17 Å². The van der Waals surface area contributed by atoms with E-state index in [0.717, 1.165) is 11.6 Å². The summed E-state index contributed by atoms with van der Waals surface area (Å²) >= 11 is 1.61. The summed E-state index contributed by atoms with van der Waals surface area (Å²) in [7, 11) is 0. The Labute approximate surface area is 72.2 Å². The molecule has 0 saturated heterocycles. The van der Waals surface area contributed by atoms with Crippen LogP contribution in [0.3, 0.4) is 0 Å². The largest absolute Gasteiger partial charge is 0.254 e. The van der Waals surface area contributed by atoms with Crippen LogP contribution in [-0.2, 0) is 0 Å². The fourth-order valence-corrected chi connectivity index (χ4v) is 1.83. The van der Waals surface area contributed by atoms with E-state index in [0.29, 0.717) is 0 Å². The first-order chi connectivity index (χ1) is 5.03. The second-order valence-corrected chi connectivity index (χ2v) is 4.21. The zero-order valence-corrected chi connectivity index (χ0v) is 8.33. The molecule has 0 amide bonds. The smallest absolute Gasteiger partial charge is 0.183 e. The van der Waals surface area contributed by atoms with Crippen LogP contribution in [-0.4, -0.2) is 22.7 Å². The Morgan fingerprint density at radius 1 is 1.45 bits per heavy atom. The molecule has 0 spiro atoms. The quantitative estimate of drug-likeness (QED) is 0.547. The second kappa shape index (κ2) is 2.97. The highest BCUT2D eigenvalue weighted by molar-refractivity contribution is 8.13. The van der Waals surface area contributed by atoms with Crippen LogP contribution in [0.15, 0.2) is 9.98 Å².